The van der Waals surface area contributed by atoms with Gasteiger partial charge in [0.15, 0.2) is 12.1 Å². The molecule has 8 rings (SSSR count). The van der Waals surface area contributed by atoms with E-state index in [0.29, 0.717) is 59.5 Å². The van der Waals surface area contributed by atoms with Gasteiger partial charge in [-0.25, -0.2) is 0 Å². The highest BCUT2D eigenvalue weighted by atomic mass is 16.7. The Morgan fingerprint density at radius 1 is 1.04 bits per heavy atom. The number of amides is 1. The lowest BCUT2D eigenvalue weighted by molar-refractivity contribution is -0.241. The molecular formula is C37H55NO7. The zero-order valence-electron chi connectivity index (χ0n) is 28.0. The molecule has 0 radical (unpaired) electrons. The molecule has 0 aromatic carbocycles. The summed E-state index contributed by atoms with van der Waals surface area (Å²) in [6, 6.07) is 3.47. The number of aliphatic hydroxyl groups is 2. The van der Waals surface area contributed by atoms with Crippen molar-refractivity contribution in [3.05, 3.63) is 24.2 Å². The van der Waals surface area contributed by atoms with Crippen molar-refractivity contribution in [2.24, 2.45) is 45.3 Å². The van der Waals surface area contributed by atoms with E-state index >= 15 is 0 Å². The molecule has 9 unspecified atom stereocenters. The van der Waals surface area contributed by atoms with E-state index in [1.54, 1.807) is 37.1 Å². The summed E-state index contributed by atoms with van der Waals surface area (Å²) in [4.78, 5) is 14.8. The van der Waals surface area contributed by atoms with Crippen molar-refractivity contribution in [3.63, 3.8) is 0 Å². The molecule has 1 aromatic heterocycles. The lowest BCUT2D eigenvalue weighted by atomic mass is 9.46. The average Bonchev–Trinajstić information content (AvgIpc) is 3.26. The van der Waals surface area contributed by atoms with Gasteiger partial charge in [-0.2, -0.15) is 0 Å². The van der Waals surface area contributed by atoms with Crippen LogP contribution < -0.4 is 0 Å². The normalized spacial score (nSPS) is 47.5. The van der Waals surface area contributed by atoms with Crippen molar-refractivity contribution < 1.29 is 33.6 Å². The van der Waals surface area contributed by atoms with Gasteiger partial charge in [-0.15, -0.1) is 0 Å². The van der Waals surface area contributed by atoms with Crippen LogP contribution in [-0.4, -0.2) is 77.0 Å². The molecule has 1 aromatic rings. The smallest absolute Gasteiger partial charge is 0.289 e. The number of carbonyl (C=O) groups excluding carboxylic acids is 1. The van der Waals surface area contributed by atoms with Crippen LogP contribution >= 0.6 is 0 Å². The molecule has 2 spiro atoms. The number of carbonyl (C=O) groups is 1. The number of nitrogens with zero attached hydrogens (tertiary/aromatic N) is 1. The Bertz CT molecular complexity index is 1290. The molecule has 5 aliphatic carbocycles. The molecule has 2 aliphatic heterocycles. The molecule has 12 atom stereocenters. The molecule has 8 nitrogen and oxygen atoms in total. The summed E-state index contributed by atoms with van der Waals surface area (Å²) in [5, 5.41) is 21.3. The summed E-state index contributed by atoms with van der Waals surface area (Å²) >= 11 is 0. The van der Waals surface area contributed by atoms with Crippen molar-refractivity contribution in [3.8, 4) is 0 Å². The second-order valence-corrected chi connectivity index (χ2v) is 17.6. The zero-order chi connectivity index (χ0) is 31.6. The highest BCUT2D eigenvalue weighted by Gasteiger charge is 2.80. The maximum Gasteiger partial charge on any atom is 0.289 e. The molecule has 3 heterocycles. The van der Waals surface area contributed by atoms with Crippen molar-refractivity contribution in [1.29, 1.82) is 0 Å². The molecule has 7 aliphatic rings. The molecule has 45 heavy (non-hydrogen) atoms. The summed E-state index contributed by atoms with van der Waals surface area (Å²) in [5.74, 6) is 2.92. The van der Waals surface area contributed by atoms with E-state index in [9.17, 15) is 15.0 Å². The van der Waals surface area contributed by atoms with Gasteiger partial charge in [0.05, 0.1) is 43.3 Å². The predicted molar refractivity (Wildman–Crippen MR) is 167 cm³/mol. The van der Waals surface area contributed by atoms with Gasteiger partial charge in [-0.3, -0.25) is 4.79 Å². The SMILES string of the molecule is CC12CCC34C[C@@]35CC[C@H](OC3CN(C(=O)c6ccco6)CCO3)C(C)(C)C5CCC4C1CC1OC([C@H](O)C(C)(C)O)CCC12. The van der Waals surface area contributed by atoms with E-state index in [-0.39, 0.29) is 29.6 Å². The van der Waals surface area contributed by atoms with Crippen LogP contribution in [0.3, 0.4) is 0 Å². The zero-order valence-corrected chi connectivity index (χ0v) is 28.0. The minimum atomic E-state index is -1.15. The third-order valence-electron chi connectivity index (χ3n) is 15.0. The van der Waals surface area contributed by atoms with Gasteiger partial charge >= 0.3 is 0 Å². The summed E-state index contributed by atoms with van der Waals surface area (Å²) in [7, 11) is 0. The minimum Gasteiger partial charge on any atom is -0.459 e. The number of rotatable bonds is 5. The Morgan fingerprint density at radius 2 is 1.84 bits per heavy atom. The molecular weight excluding hydrogens is 570 g/mol. The van der Waals surface area contributed by atoms with E-state index < -0.39 is 18.0 Å². The van der Waals surface area contributed by atoms with E-state index in [1.807, 2.05) is 0 Å². The number of furan rings is 1. The number of aliphatic hydroxyl groups excluding tert-OH is 1. The van der Waals surface area contributed by atoms with Crippen LogP contribution in [0.2, 0.25) is 0 Å². The molecule has 250 valence electrons. The van der Waals surface area contributed by atoms with Crippen LogP contribution in [0.25, 0.3) is 0 Å². The Hall–Kier alpha value is -1.45. The monoisotopic (exact) mass is 625 g/mol. The van der Waals surface area contributed by atoms with Gasteiger partial charge in [0.25, 0.3) is 5.91 Å². The van der Waals surface area contributed by atoms with Crippen LogP contribution in [0.15, 0.2) is 22.8 Å². The second kappa shape index (κ2) is 10.3. The Balaban J connectivity index is 0.959. The van der Waals surface area contributed by atoms with E-state index in [1.165, 1.54) is 38.5 Å². The third kappa shape index (κ3) is 4.44. The fourth-order valence-corrected chi connectivity index (χ4v) is 12.8. The third-order valence-corrected chi connectivity index (χ3v) is 15.0. The van der Waals surface area contributed by atoms with Crippen LogP contribution in [-0.2, 0) is 14.2 Å². The summed E-state index contributed by atoms with van der Waals surface area (Å²) in [6.07, 6.45) is 12.2. The van der Waals surface area contributed by atoms with Crippen molar-refractivity contribution in [2.75, 3.05) is 19.7 Å². The van der Waals surface area contributed by atoms with Gasteiger partial charge in [0, 0.05) is 6.54 Å². The number of ether oxygens (including phenoxy) is 3. The van der Waals surface area contributed by atoms with Crippen molar-refractivity contribution in [2.45, 2.75) is 135 Å². The quantitative estimate of drug-likeness (QED) is 0.427. The lowest BCUT2D eigenvalue weighted by Crippen LogP contribution is -2.56. The molecule has 1 amide bonds. The summed E-state index contributed by atoms with van der Waals surface area (Å²) < 4.78 is 24.9. The Morgan fingerprint density at radius 3 is 2.60 bits per heavy atom. The van der Waals surface area contributed by atoms with Gasteiger partial charge in [0.1, 0.15) is 6.10 Å². The first-order chi connectivity index (χ1) is 21.3. The van der Waals surface area contributed by atoms with Gasteiger partial charge in [-0.05, 0) is 136 Å². The molecule has 2 N–H and O–H groups in total. The van der Waals surface area contributed by atoms with E-state index in [4.69, 9.17) is 18.6 Å². The fraction of sp³-hybridized carbons (Fsp3) is 0.865. The molecule has 2 saturated heterocycles. The predicted octanol–water partition coefficient (Wildman–Crippen LogP) is 5.80. The van der Waals surface area contributed by atoms with Gasteiger partial charge < -0.3 is 33.7 Å². The number of morpholine rings is 1. The van der Waals surface area contributed by atoms with Crippen molar-refractivity contribution in [1.82, 2.24) is 4.90 Å². The summed E-state index contributed by atoms with van der Waals surface area (Å²) in [5.41, 5.74) is 0.0795. The minimum absolute atomic E-state index is 0.0390. The van der Waals surface area contributed by atoms with Crippen LogP contribution in [0.4, 0.5) is 0 Å². The first-order valence-electron chi connectivity index (χ1n) is 18.0. The number of hydrogen-bond donors (Lipinski definition) is 2. The number of fused-ring (bicyclic) bond motifs is 4. The Labute approximate surface area is 268 Å². The first kappa shape index (κ1) is 30.9. The van der Waals surface area contributed by atoms with Gasteiger partial charge in [-0.1, -0.05) is 20.8 Å². The summed E-state index contributed by atoms with van der Waals surface area (Å²) in [6.45, 7) is 12.3. The van der Waals surface area contributed by atoms with Crippen LogP contribution in [0.5, 0.6) is 0 Å². The average molecular weight is 626 g/mol. The van der Waals surface area contributed by atoms with Crippen LogP contribution in [0, 0.1) is 45.3 Å². The number of hydrogen-bond acceptors (Lipinski definition) is 7. The first-order valence-corrected chi connectivity index (χ1v) is 18.0. The topological polar surface area (TPSA) is 102 Å². The molecule has 5 saturated carbocycles. The largest absolute Gasteiger partial charge is 0.459 e. The molecule has 7 fully saturated rings. The molecule has 8 heteroatoms. The van der Waals surface area contributed by atoms with E-state index in [0.717, 1.165) is 31.6 Å². The van der Waals surface area contributed by atoms with Crippen molar-refractivity contribution >= 4 is 5.91 Å². The standard InChI is InChI=1S/C37H55NO7/c1-33(2)28-11-9-22-24-19-27-23(8-10-25(44-27)31(39)34(3,4)41)35(24,5)14-15-36(22)21-37(28,36)13-12-29(33)45-30-20-38(16-18-43-30)32(40)26-7-6-17-42-26/h6-7,17,22-25,27-31,39,41H,8-16,18-21H2,1-5H3/t22?,23?,24?,25?,27?,28?,29-,30?,31-,35?,36?,37+/m0/s1. The molecule has 0 bridgehead atoms. The fourth-order valence-electron chi connectivity index (χ4n) is 12.8. The maximum atomic E-state index is 13.0. The second-order valence-electron chi connectivity index (χ2n) is 17.6. The Kier molecular flexibility index (Phi) is 7.05. The highest BCUT2D eigenvalue weighted by Crippen LogP contribution is 2.87. The van der Waals surface area contributed by atoms with Gasteiger partial charge in [0.2, 0.25) is 0 Å². The highest BCUT2D eigenvalue weighted by molar-refractivity contribution is 5.91. The maximum absolute atomic E-state index is 13.0. The lowest BCUT2D eigenvalue weighted by Gasteiger charge is -2.60. The van der Waals surface area contributed by atoms with E-state index in [2.05, 4.69) is 20.8 Å². The van der Waals surface area contributed by atoms with Crippen LogP contribution in [0.1, 0.15) is 109 Å².